The van der Waals surface area contributed by atoms with Crippen LogP contribution in [-0.2, 0) is 6.42 Å². The topological polar surface area (TPSA) is 64.6 Å². The molecule has 0 radical (unpaired) electrons. The minimum atomic E-state index is -0.306. The van der Waals surface area contributed by atoms with Crippen molar-refractivity contribution < 1.29 is 9.18 Å². The van der Waals surface area contributed by atoms with E-state index in [1.54, 1.807) is 12.1 Å². The fraction of sp³-hybridized carbons (Fsp3) is 0.522. The second-order valence-electron chi connectivity index (χ2n) is 8.52. The number of aryl methyl sites for hydroxylation is 1. The van der Waals surface area contributed by atoms with E-state index in [0.717, 1.165) is 39.3 Å². The molecule has 9 heteroatoms. The molecule has 1 aromatic carbocycles. The fourth-order valence-electron chi connectivity index (χ4n) is 4.53. The maximum Gasteiger partial charge on any atom is 0.172 e. The smallest absolute Gasteiger partial charge is 0.172 e. The van der Waals surface area contributed by atoms with Gasteiger partial charge in [-0.3, -0.25) is 9.69 Å². The van der Waals surface area contributed by atoms with E-state index in [1.807, 2.05) is 6.92 Å². The third-order valence-corrected chi connectivity index (χ3v) is 6.77. The number of hydrogen-bond acceptors (Lipinski definition) is 7. The monoisotopic (exact) mass is 460 g/mol. The Morgan fingerprint density at radius 3 is 2.50 bits per heavy atom. The van der Waals surface area contributed by atoms with Gasteiger partial charge < -0.3 is 15.1 Å². The van der Waals surface area contributed by atoms with E-state index < -0.39 is 0 Å². The van der Waals surface area contributed by atoms with Crippen LogP contribution < -0.4 is 10.2 Å². The highest BCUT2D eigenvalue weighted by Gasteiger charge is 2.27. The number of carbonyl (C=O) groups excluding carboxylic acids is 1. The van der Waals surface area contributed by atoms with Gasteiger partial charge in [0, 0.05) is 37.9 Å². The number of rotatable bonds is 6. The van der Waals surface area contributed by atoms with Crippen molar-refractivity contribution in [2.24, 2.45) is 0 Å². The summed E-state index contributed by atoms with van der Waals surface area (Å²) in [6.45, 7) is 7.71. The number of piperazine rings is 1. The molecule has 2 fully saturated rings. The number of piperidine rings is 1. The molecule has 2 aliphatic rings. The molecule has 0 amide bonds. The number of anilines is 3. The second kappa shape index (κ2) is 10.1. The van der Waals surface area contributed by atoms with Crippen molar-refractivity contribution in [3.05, 3.63) is 40.6 Å². The lowest BCUT2D eigenvalue weighted by atomic mass is 10.0. The number of hydrogen-bond donors (Lipinski definition) is 1. The maximum absolute atomic E-state index is 15.0. The van der Waals surface area contributed by atoms with E-state index in [4.69, 9.17) is 11.6 Å². The van der Waals surface area contributed by atoms with Crippen LogP contribution >= 0.6 is 11.6 Å². The number of benzene rings is 1. The van der Waals surface area contributed by atoms with Gasteiger partial charge in [-0.25, -0.2) is 14.4 Å². The zero-order valence-electron chi connectivity index (χ0n) is 18.7. The third-order valence-electron chi connectivity index (χ3n) is 6.46. The van der Waals surface area contributed by atoms with E-state index >= 15 is 0 Å². The summed E-state index contributed by atoms with van der Waals surface area (Å²) in [5.74, 6) is -0.0827. The average molecular weight is 461 g/mol. The molecular formula is C23H30ClFN6O. The van der Waals surface area contributed by atoms with Gasteiger partial charge >= 0.3 is 0 Å². The number of carbonyl (C=O) groups is 1. The Kier molecular flexibility index (Phi) is 7.23. The van der Waals surface area contributed by atoms with Crippen LogP contribution in [0.5, 0.6) is 0 Å². The molecule has 2 aromatic rings. The summed E-state index contributed by atoms with van der Waals surface area (Å²) in [6.07, 6.45) is 3.61. The quantitative estimate of drug-likeness (QED) is 0.660. The molecule has 2 aliphatic heterocycles. The van der Waals surface area contributed by atoms with Crippen LogP contribution in [-0.4, -0.2) is 78.4 Å². The highest BCUT2D eigenvalue weighted by atomic mass is 35.5. The van der Waals surface area contributed by atoms with Crippen LogP contribution in [0.1, 0.15) is 35.9 Å². The Bertz CT molecular complexity index is 958. The fourth-order valence-corrected chi connectivity index (χ4v) is 4.79. The van der Waals surface area contributed by atoms with E-state index in [1.165, 1.54) is 18.9 Å². The number of nitrogens with one attached hydrogen (secondary N) is 1. The van der Waals surface area contributed by atoms with Crippen molar-refractivity contribution in [3.63, 3.8) is 0 Å². The molecule has 0 atom stereocenters. The number of halogens is 2. The van der Waals surface area contributed by atoms with Gasteiger partial charge in [-0.05, 0) is 57.6 Å². The van der Waals surface area contributed by atoms with E-state index in [-0.39, 0.29) is 22.5 Å². The normalized spacial score (nSPS) is 18.7. The van der Waals surface area contributed by atoms with Crippen molar-refractivity contribution >= 4 is 35.1 Å². The molecule has 4 rings (SSSR count). The van der Waals surface area contributed by atoms with Crippen LogP contribution in [0.3, 0.4) is 0 Å². The number of nitrogens with zero attached hydrogens (tertiary/aromatic N) is 5. The van der Waals surface area contributed by atoms with Crippen molar-refractivity contribution in [1.82, 2.24) is 19.8 Å². The van der Waals surface area contributed by atoms with E-state index in [0.29, 0.717) is 35.8 Å². The van der Waals surface area contributed by atoms with Crippen LogP contribution in [0.4, 0.5) is 21.6 Å². The molecular weight excluding hydrogens is 431 g/mol. The van der Waals surface area contributed by atoms with Gasteiger partial charge in [-0.15, -0.1) is 0 Å². The SMILES string of the molecule is CCc1nc(C=O)c(Nc2ccc(N3CCN(C4CCN(C)CC4)CC3)c(F)c2)nc1Cl. The van der Waals surface area contributed by atoms with Crippen LogP contribution in [0.15, 0.2) is 18.2 Å². The molecule has 3 heterocycles. The lowest BCUT2D eigenvalue weighted by Gasteiger charge is -2.42. The Morgan fingerprint density at radius 2 is 1.88 bits per heavy atom. The molecule has 32 heavy (non-hydrogen) atoms. The Hall–Kier alpha value is -2.29. The first-order valence-corrected chi connectivity index (χ1v) is 11.6. The molecule has 0 saturated carbocycles. The first-order chi connectivity index (χ1) is 15.5. The third kappa shape index (κ3) is 5.03. The molecule has 0 bridgehead atoms. The standard InChI is InChI=1S/C23H30ClFN6O/c1-3-19-22(24)28-23(20(15-32)27-19)26-16-4-5-21(18(25)14-16)31-12-10-30(11-13-31)17-6-8-29(2)9-7-17/h4-5,14-15,17H,3,6-13H2,1-2H3,(H,26,28). The first kappa shape index (κ1) is 22.9. The molecule has 2 saturated heterocycles. The number of aromatic nitrogens is 2. The molecule has 0 unspecified atom stereocenters. The first-order valence-electron chi connectivity index (χ1n) is 11.2. The van der Waals surface area contributed by atoms with Crippen LogP contribution in [0.2, 0.25) is 5.15 Å². The Labute approximate surface area is 193 Å². The highest BCUT2D eigenvalue weighted by Crippen LogP contribution is 2.28. The van der Waals surface area contributed by atoms with Crippen molar-refractivity contribution in [3.8, 4) is 0 Å². The van der Waals surface area contributed by atoms with Crippen molar-refractivity contribution in [2.45, 2.75) is 32.2 Å². The summed E-state index contributed by atoms with van der Waals surface area (Å²) in [5, 5.41) is 3.22. The lowest BCUT2D eigenvalue weighted by molar-refractivity contribution is 0.111. The van der Waals surface area contributed by atoms with Gasteiger partial charge in [0.05, 0.1) is 11.4 Å². The summed E-state index contributed by atoms with van der Waals surface area (Å²) in [5.41, 5.74) is 1.80. The largest absolute Gasteiger partial charge is 0.367 e. The van der Waals surface area contributed by atoms with Gasteiger partial charge in [0.15, 0.2) is 17.3 Å². The molecule has 7 nitrogen and oxygen atoms in total. The van der Waals surface area contributed by atoms with Gasteiger partial charge in [0.1, 0.15) is 11.5 Å². The summed E-state index contributed by atoms with van der Waals surface area (Å²) in [7, 11) is 2.18. The molecule has 0 aliphatic carbocycles. The van der Waals surface area contributed by atoms with Crippen LogP contribution in [0.25, 0.3) is 0 Å². The van der Waals surface area contributed by atoms with Crippen LogP contribution in [0, 0.1) is 5.82 Å². The molecule has 172 valence electrons. The Morgan fingerprint density at radius 1 is 1.16 bits per heavy atom. The summed E-state index contributed by atoms with van der Waals surface area (Å²) in [6, 6.07) is 5.64. The number of likely N-dealkylation sites (tertiary alicyclic amines) is 1. The van der Waals surface area contributed by atoms with Crippen molar-refractivity contribution in [2.75, 3.05) is 56.5 Å². The predicted octanol–water partition coefficient (Wildman–Crippen LogP) is 3.60. The minimum absolute atomic E-state index is 0.153. The predicted molar refractivity (Wildman–Crippen MR) is 126 cm³/mol. The lowest BCUT2D eigenvalue weighted by Crippen LogP contribution is -2.53. The van der Waals surface area contributed by atoms with Gasteiger partial charge in [0.25, 0.3) is 0 Å². The van der Waals surface area contributed by atoms with Gasteiger partial charge in [-0.1, -0.05) is 18.5 Å². The minimum Gasteiger partial charge on any atom is -0.367 e. The maximum atomic E-state index is 15.0. The van der Waals surface area contributed by atoms with Gasteiger partial charge in [0.2, 0.25) is 0 Å². The summed E-state index contributed by atoms with van der Waals surface area (Å²) in [4.78, 5) is 26.9. The van der Waals surface area contributed by atoms with Gasteiger partial charge in [-0.2, -0.15) is 0 Å². The average Bonchev–Trinajstić information content (AvgIpc) is 2.80. The second-order valence-corrected chi connectivity index (χ2v) is 8.87. The van der Waals surface area contributed by atoms with E-state index in [9.17, 15) is 9.18 Å². The highest BCUT2D eigenvalue weighted by molar-refractivity contribution is 6.30. The summed E-state index contributed by atoms with van der Waals surface area (Å²) >= 11 is 6.14. The zero-order valence-corrected chi connectivity index (χ0v) is 19.4. The molecule has 1 N–H and O–H groups in total. The van der Waals surface area contributed by atoms with E-state index in [2.05, 4.69) is 37.0 Å². The van der Waals surface area contributed by atoms with Crippen molar-refractivity contribution in [1.29, 1.82) is 0 Å². The molecule has 1 aromatic heterocycles. The number of aldehydes is 1. The zero-order chi connectivity index (χ0) is 22.7. The Balaban J connectivity index is 1.41. The summed E-state index contributed by atoms with van der Waals surface area (Å²) < 4.78 is 15.0. The molecule has 0 spiro atoms.